The van der Waals surface area contributed by atoms with Crippen molar-refractivity contribution in [2.45, 2.75) is 0 Å². The maximum atomic E-state index is 12.5. The molecule has 0 radical (unpaired) electrons. The van der Waals surface area contributed by atoms with Crippen molar-refractivity contribution < 1.29 is 23.8 Å². The Labute approximate surface area is 190 Å². The molecular weight excluding hydrogens is 422 g/mol. The summed E-state index contributed by atoms with van der Waals surface area (Å²) in [5.74, 6) is -0.352. The smallest absolute Gasteiger partial charge is 0.349 e. The zero-order chi connectivity index (χ0) is 23.0. The quantitative estimate of drug-likeness (QED) is 0.258. The van der Waals surface area contributed by atoms with E-state index in [2.05, 4.69) is 5.43 Å². The van der Waals surface area contributed by atoms with Gasteiger partial charge in [0.2, 0.25) is 6.79 Å². The lowest BCUT2D eigenvalue weighted by molar-refractivity contribution is -0.144. The van der Waals surface area contributed by atoms with Gasteiger partial charge in [-0.05, 0) is 48.0 Å². The van der Waals surface area contributed by atoms with E-state index >= 15 is 0 Å². The summed E-state index contributed by atoms with van der Waals surface area (Å²) in [6.45, 7) is -0.442. The van der Waals surface area contributed by atoms with E-state index in [1.54, 1.807) is 29.3 Å². The van der Waals surface area contributed by atoms with Crippen LogP contribution >= 0.6 is 0 Å². The van der Waals surface area contributed by atoms with Crippen LogP contribution in [0.2, 0.25) is 0 Å². The third kappa shape index (κ3) is 5.29. The number of anilines is 2. The summed E-state index contributed by atoms with van der Waals surface area (Å²) in [7, 11) is 0. The lowest BCUT2D eigenvalue weighted by Crippen LogP contribution is -2.41. The molecule has 8 heteroatoms. The molecule has 3 aromatic carbocycles. The van der Waals surface area contributed by atoms with Crippen molar-refractivity contribution in [1.82, 2.24) is 5.43 Å². The molecule has 164 valence electrons. The first-order valence-corrected chi connectivity index (χ1v) is 10.0. The van der Waals surface area contributed by atoms with Gasteiger partial charge < -0.3 is 14.2 Å². The van der Waals surface area contributed by atoms with Crippen LogP contribution in [-0.2, 0) is 14.3 Å². The first kappa shape index (κ1) is 21.5. The molecule has 1 N–H and O–H groups in total. The van der Waals surface area contributed by atoms with Gasteiger partial charge >= 0.3 is 5.97 Å². The minimum absolute atomic E-state index is 0.119. The number of ether oxygens (including phenoxy) is 3. The molecule has 0 unspecified atom stereocenters. The Hall–Kier alpha value is -4.77. The number of amides is 1. The van der Waals surface area contributed by atoms with Gasteiger partial charge in [-0.1, -0.05) is 42.5 Å². The molecule has 0 spiro atoms. The number of nitrogens with zero attached hydrogens (tertiary/aromatic N) is 2. The Bertz CT molecular complexity index is 1180. The van der Waals surface area contributed by atoms with Gasteiger partial charge in [0.15, 0.2) is 18.1 Å². The number of hydrazine groups is 1. The molecule has 1 heterocycles. The Morgan fingerprint density at radius 2 is 1.61 bits per heavy atom. The van der Waals surface area contributed by atoms with Crippen LogP contribution in [0.15, 0.2) is 84.4 Å². The second-order valence-electron chi connectivity index (χ2n) is 6.90. The van der Waals surface area contributed by atoms with Crippen molar-refractivity contribution in [1.29, 1.82) is 5.26 Å². The summed E-state index contributed by atoms with van der Waals surface area (Å²) in [5.41, 5.74) is 4.50. The zero-order valence-corrected chi connectivity index (χ0v) is 17.4. The molecule has 4 rings (SSSR count). The first-order valence-electron chi connectivity index (χ1n) is 10.0. The Balaban J connectivity index is 1.41. The molecule has 33 heavy (non-hydrogen) atoms. The van der Waals surface area contributed by atoms with Gasteiger partial charge in [0.05, 0.1) is 11.4 Å². The molecule has 3 aromatic rings. The minimum Gasteiger partial charge on any atom is -0.454 e. The lowest BCUT2D eigenvalue weighted by atomic mass is 10.1. The molecule has 1 amide bonds. The van der Waals surface area contributed by atoms with E-state index < -0.39 is 18.5 Å². The van der Waals surface area contributed by atoms with Gasteiger partial charge in [-0.2, -0.15) is 5.26 Å². The fraction of sp³-hybridized carbons (Fsp3) is 0.0800. The van der Waals surface area contributed by atoms with E-state index in [1.807, 2.05) is 60.7 Å². The second kappa shape index (κ2) is 10.0. The molecule has 0 atom stereocenters. The Morgan fingerprint density at radius 1 is 0.970 bits per heavy atom. The van der Waals surface area contributed by atoms with Crippen molar-refractivity contribution in [3.05, 3.63) is 90.0 Å². The Morgan fingerprint density at radius 3 is 2.24 bits per heavy atom. The van der Waals surface area contributed by atoms with E-state index in [-0.39, 0.29) is 12.4 Å². The number of para-hydroxylation sites is 2. The number of benzene rings is 3. The van der Waals surface area contributed by atoms with Gasteiger partial charge in [-0.25, -0.2) is 4.79 Å². The van der Waals surface area contributed by atoms with E-state index in [1.165, 1.54) is 6.08 Å². The highest BCUT2D eigenvalue weighted by Crippen LogP contribution is 2.33. The number of hydrogen-bond donors (Lipinski definition) is 1. The van der Waals surface area contributed by atoms with Gasteiger partial charge in [-0.15, -0.1) is 0 Å². The van der Waals surface area contributed by atoms with Gasteiger partial charge in [0.25, 0.3) is 5.91 Å². The Kier molecular flexibility index (Phi) is 6.52. The van der Waals surface area contributed by atoms with E-state index in [9.17, 15) is 14.9 Å². The van der Waals surface area contributed by atoms with Crippen LogP contribution in [0.25, 0.3) is 6.08 Å². The average Bonchev–Trinajstić information content (AvgIpc) is 3.33. The van der Waals surface area contributed by atoms with Crippen LogP contribution in [0.5, 0.6) is 11.5 Å². The number of fused-ring (bicyclic) bond motifs is 1. The molecule has 0 saturated heterocycles. The largest absolute Gasteiger partial charge is 0.454 e. The third-order valence-electron chi connectivity index (χ3n) is 4.65. The molecule has 0 aliphatic carbocycles. The van der Waals surface area contributed by atoms with Gasteiger partial charge in [0.1, 0.15) is 11.6 Å². The molecule has 1 aliphatic heterocycles. The number of carbonyl (C=O) groups excluding carboxylic acids is 2. The highest BCUT2D eigenvalue weighted by atomic mass is 16.7. The summed E-state index contributed by atoms with van der Waals surface area (Å²) >= 11 is 0. The molecule has 0 saturated carbocycles. The summed E-state index contributed by atoms with van der Waals surface area (Å²) in [6.07, 6.45) is 1.36. The van der Waals surface area contributed by atoms with Crippen molar-refractivity contribution in [2.75, 3.05) is 18.4 Å². The maximum Gasteiger partial charge on any atom is 0.349 e. The number of nitriles is 1. The molecule has 0 bridgehead atoms. The molecule has 0 aromatic heterocycles. The second-order valence-corrected chi connectivity index (χ2v) is 6.90. The van der Waals surface area contributed by atoms with Gasteiger partial charge in [-0.3, -0.25) is 15.2 Å². The highest BCUT2D eigenvalue weighted by molar-refractivity contribution is 5.99. The predicted octanol–water partition coefficient (Wildman–Crippen LogP) is 3.73. The number of rotatable bonds is 7. The summed E-state index contributed by atoms with van der Waals surface area (Å²) in [6, 6.07) is 25.3. The molecule has 8 nitrogen and oxygen atoms in total. The third-order valence-corrected chi connectivity index (χ3v) is 4.65. The number of nitrogens with one attached hydrogen (secondary N) is 1. The van der Waals surface area contributed by atoms with Crippen LogP contribution in [0, 0.1) is 11.3 Å². The summed E-state index contributed by atoms with van der Waals surface area (Å²) in [4.78, 5) is 24.9. The van der Waals surface area contributed by atoms with Crippen molar-refractivity contribution >= 4 is 29.3 Å². The van der Waals surface area contributed by atoms with Crippen molar-refractivity contribution in [2.24, 2.45) is 0 Å². The van der Waals surface area contributed by atoms with Crippen LogP contribution in [0.1, 0.15) is 5.56 Å². The molecular formula is C25H19N3O5. The van der Waals surface area contributed by atoms with E-state index in [0.29, 0.717) is 17.1 Å². The number of hydrogen-bond acceptors (Lipinski definition) is 7. The zero-order valence-electron chi connectivity index (χ0n) is 17.4. The van der Waals surface area contributed by atoms with E-state index in [0.717, 1.165) is 11.4 Å². The summed E-state index contributed by atoms with van der Waals surface area (Å²) in [5, 5.41) is 11.0. The van der Waals surface area contributed by atoms with Gasteiger partial charge in [0, 0.05) is 0 Å². The number of carbonyl (C=O) groups is 2. The fourth-order valence-electron chi connectivity index (χ4n) is 3.10. The summed E-state index contributed by atoms with van der Waals surface area (Å²) < 4.78 is 15.6. The highest BCUT2D eigenvalue weighted by Gasteiger charge is 2.18. The maximum absolute atomic E-state index is 12.5. The monoisotopic (exact) mass is 441 g/mol. The average molecular weight is 441 g/mol. The van der Waals surface area contributed by atoms with Crippen molar-refractivity contribution in [3.8, 4) is 17.6 Å². The standard InChI is InChI=1S/C25H19N3O5/c26-15-19(13-18-11-12-22-23(14-18)33-17-32-22)25(30)31-16-24(29)27-28(20-7-3-1-4-8-20)21-9-5-2-6-10-21/h1-14H,16-17H2,(H,27,29). The first-order chi connectivity index (χ1) is 16.1. The van der Waals surface area contributed by atoms with Crippen LogP contribution in [0.4, 0.5) is 11.4 Å². The van der Waals surface area contributed by atoms with E-state index in [4.69, 9.17) is 14.2 Å². The topological polar surface area (TPSA) is 101 Å². The molecule has 0 fully saturated rings. The fourth-order valence-corrected chi connectivity index (χ4v) is 3.10. The normalized spacial score (nSPS) is 11.9. The minimum atomic E-state index is -0.906. The van der Waals surface area contributed by atoms with Crippen LogP contribution in [-0.4, -0.2) is 25.3 Å². The molecule has 1 aliphatic rings. The van der Waals surface area contributed by atoms with Crippen molar-refractivity contribution in [3.63, 3.8) is 0 Å². The predicted molar refractivity (Wildman–Crippen MR) is 120 cm³/mol. The van der Waals surface area contributed by atoms with Crippen LogP contribution < -0.4 is 19.9 Å². The SMILES string of the molecule is N#CC(=Cc1ccc2c(c1)OCO2)C(=O)OCC(=O)NN(c1ccccc1)c1ccccc1. The van der Waals surface area contributed by atoms with Crippen LogP contribution in [0.3, 0.4) is 0 Å². The lowest BCUT2D eigenvalue weighted by Gasteiger charge is -2.25. The number of esters is 1.